The number of fused-ring (bicyclic) bond motifs is 1. The highest BCUT2D eigenvalue weighted by molar-refractivity contribution is 5.93. The highest BCUT2D eigenvalue weighted by Crippen LogP contribution is 2.04. The van der Waals surface area contributed by atoms with Gasteiger partial charge in [0.15, 0.2) is 6.10 Å². The number of aromatic nitrogens is 5. The van der Waals surface area contributed by atoms with E-state index in [0.717, 1.165) is 4.68 Å². The fourth-order valence-corrected chi connectivity index (χ4v) is 2.11. The van der Waals surface area contributed by atoms with Crippen molar-refractivity contribution in [1.29, 1.82) is 0 Å². The van der Waals surface area contributed by atoms with Gasteiger partial charge < -0.3 is 4.74 Å². The molecule has 1 atom stereocenters. The van der Waals surface area contributed by atoms with Crippen LogP contribution in [-0.4, -0.2) is 42.9 Å². The van der Waals surface area contributed by atoms with Crippen LogP contribution in [0.25, 0.3) is 10.9 Å². The van der Waals surface area contributed by atoms with E-state index in [0.29, 0.717) is 10.9 Å². The molecule has 0 spiro atoms. The van der Waals surface area contributed by atoms with Crippen LogP contribution >= 0.6 is 0 Å². The molecular formula is C16H14N6O4. The molecule has 0 aliphatic heterocycles. The average Bonchev–Trinajstić information content (AvgIpc) is 2.65. The van der Waals surface area contributed by atoms with E-state index in [4.69, 9.17) is 4.74 Å². The van der Waals surface area contributed by atoms with Crippen molar-refractivity contribution in [2.75, 3.05) is 5.32 Å². The van der Waals surface area contributed by atoms with Crippen LogP contribution in [-0.2, 0) is 20.9 Å². The van der Waals surface area contributed by atoms with Gasteiger partial charge in [-0.2, -0.15) is 4.68 Å². The summed E-state index contributed by atoms with van der Waals surface area (Å²) in [6.07, 6.45) is 1.82. The van der Waals surface area contributed by atoms with E-state index in [1.807, 2.05) is 0 Å². The Balaban J connectivity index is 1.64. The average molecular weight is 354 g/mol. The normalized spacial score (nSPS) is 11.7. The third-order valence-corrected chi connectivity index (χ3v) is 3.39. The minimum Gasteiger partial charge on any atom is -0.451 e. The van der Waals surface area contributed by atoms with Crippen LogP contribution < -0.4 is 10.9 Å². The second kappa shape index (κ2) is 7.47. The number of carbonyl (C=O) groups excluding carboxylic acids is 2. The smallest absolute Gasteiger partial charge is 0.328 e. The van der Waals surface area contributed by atoms with Gasteiger partial charge in [0.1, 0.15) is 12.1 Å². The highest BCUT2D eigenvalue weighted by Gasteiger charge is 2.20. The van der Waals surface area contributed by atoms with Crippen molar-refractivity contribution >= 4 is 28.7 Å². The number of esters is 1. The maximum Gasteiger partial charge on any atom is 0.328 e. The molecule has 3 aromatic rings. The summed E-state index contributed by atoms with van der Waals surface area (Å²) in [5.74, 6) is -1.30. The van der Waals surface area contributed by atoms with Crippen molar-refractivity contribution in [2.45, 2.75) is 19.6 Å². The molecule has 10 nitrogen and oxygen atoms in total. The van der Waals surface area contributed by atoms with Crippen LogP contribution in [0.15, 0.2) is 47.5 Å². The fraction of sp³-hybridized carbons (Fsp3) is 0.188. The van der Waals surface area contributed by atoms with Crippen molar-refractivity contribution in [3.63, 3.8) is 0 Å². The van der Waals surface area contributed by atoms with Crippen LogP contribution in [0.5, 0.6) is 0 Å². The Morgan fingerprint density at radius 1 is 1.19 bits per heavy atom. The quantitative estimate of drug-likeness (QED) is 0.641. The number of anilines is 1. The Bertz CT molecular complexity index is 1000. The number of ether oxygens (including phenoxy) is 1. The summed E-state index contributed by atoms with van der Waals surface area (Å²) in [5.41, 5.74) is -0.0416. The lowest BCUT2D eigenvalue weighted by atomic mass is 10.2. The van der Waals surface area contributed by atoms with Gasteiger partial charge in [-0.15, -0.1) is 5.10 Å². The molecule has 0 fully saturated rings. The predicted octanol–water partition coefficient (Wildman–Crippen LogP) is 0.152. The third-order valence-electron chi connectivity index (χ3n) is 3.39. The summed E-state index contributed by atoms with van der Waals surface area (Å²) in [6.45, 7) is 0.932. The molecule has 0 aliphatic carbocycles. The lowest BCUT2D eigenvalue weighted by Crippen LogP contribution is -2.34. The molecule has 0 saturated heterocycles. The van der Waals surface area contributed by atoms with Crippen molar-refractivity contribution in [3.8, 4) is 0 Å². The van der Waals surface area contributed by atoms with E-state index < -0.39 is 30.1 Å². The van der Waals surface area contributed by atoms with Crippen molar-refractivity contribution in [3.05, 3.63) is 53.1 Å². The summed E-state index contributed by atoms with van der Waals surface area (Å²) in [7, 11) is 0. The number of amides is 1. The van der Waals surface area contributed by atoms with E-state index in [1.165, 1.54) is 19.3 Å². The van der Waals surface area contributed by atoms with Crippen molar-refractivity contribution in [2.24, 2.45) is 0 Å². The first-order chi connectivity index (χ1) is 12.5. The molecule has 1 amide bonds. The Labute approximate surface area is 146 Å². The van der Waals surface area contributed by atoms with Crippen LogP contribution in [0, 0.1) is 0 Å². The molecule has 0 aliphatic rings. The van der Waals surface area contributed by atoms with Gasteiger partial charge in [-0.05, 0) is 25.1 Å². The van der Waals surface area contributed by atoms with Crippen LogP contribution in [0.4, 0.5) is 5.95 Å². The Morgan fingerprint density at radius 2 is 1.92 bits per heavy atom. The van der Waals surface area contributed by atoms with E-state index in [1.54, 1.807) is 30.3 Å². The lowest BCUT2D eigenvalue weighted by Gasteiger charge is -2.12. The van der Waals surface area contributed by atoms with Crippen LogP contribution in [0.2, 0.25) is 0 Å². The molecule has 1 N–H and O–H groups in total. The molecule has 1 unspecified atom stereocenters. The molecule has 0 radical (unpaired) electrons. The number of hydrogen-bond donors (Lipinski definition) is 1. The minimum absolute atomic E-state index is 0.0945. The van der Waals surface area contributed by atoms with Crippen molar-refractivity contribution in [1.82, 2.24) is 25.0 Å². The van der Waals surface area contributed by atoms with Crippen molar-refractivity contribution < 1.29 is 14.3 Å². The van der Waals surface area contributed by atoms with Crippen LogP contribution in [0.1, 0.15) is 6.92 Å². The topological polar surface area (TPSA) is 129 Å². The van der Waals surface area contributed by atoms with E-state index in [9.17, 15) is 14.4 Å². The summed E-state index contributed by atoms with van der Waals surface area (Å²) in [6, 6.07) is 8.24. The molecule has 10 heteroatoms. The number of nitrogens with one attached hydrogen (secondary N) is 1. The summed E-state index contributed by atoms with van der Waals surface area (Å²) in [5, 5.41) is 10.3. The Kier molecular flexibility index (Phi) is 4.92. The number of hydrogen-bond acceptors (Lipinski definition) is 8. The largest absolute Gasteiger partial charge is 0.451 e. The first-order valence-corrected chi connectivity index (χ1v) is 7.64. The Morgan fingerprint density at radius 3 is 2.69 bits per heavy atom. The van der Waals surface area contributed by atoms with E-state index >= 15 is 0 Å². The maximum atomic E-state index is 12.3. The van der Waals surface area contributed by atoms with Gasteiger partial charge in [-0.3, -0.25) is 19.7 Å². The molecule has 2 heterocycles. The summed E-state index contributed by atoms with van der Waals surface area (Å²) < 4.78 is 5.91. The second-order valence-corrected chi connectivity index (χ2v) is 5.26. The molecule has 0 saturated carbocycles. The monoisotopic (exact) mass is 354 g/mol. The van der Waals surface area contributed by atoms with Gasteiger partial charge in [-0.1, -0.05) is 17.3 Å². The summed E-state index contributed by atoms with van der Waals surface area (Å²) in [4.78, 5) is 43.9. The zero-order valence-electron chi connectivity index (χ0n) is 13.7. The molecule has 1 aromatic carbocycles. The fourth-order valence-electron chi connectivity index (χ4n) is 2.11. The number of carbonyl (C=O) groups is 2. The zero-order chi connectivity index (χ0) is 18.5. The lowest BCUT2D eigenvalue weighted by molar-refractivity contribution is -0.154. The van der Waals surface area contributed by atoms with Gasteiger partial charge in [0.2, 0.25) is 5.95 Å². The van der Waals surface area contributed by atoms with Gasteiger partial charge in [-0.25, -0.2) is 9.97 Å². The zero-order valence-corrected chi connectivity index (χ0v) is 13.7. The van der Waals surface area contributed by atoms with Gasteiger partial charge in [0.05, 0.1) is 5.39 Å². The maximum absolute atomic E-state index is 12.3. The van der Waals surface area contributed by atoms with Gasteiger partial charge in [0, 0.05) is 12.4 Å². The standard InChI is InChI=1S/C16H14N6O4/c1-10(14(24)19-16-17-7-4-8-18-16)26-13(23)9-22-15(25)11-5-2-3-6-12(11)20-21-22/h2-8,10H,9H2,1H3,(H,17,18,19,24). The van der Waals surface area contributed by atoms with E-state index in [2.05, 4.69) is 25.6 Å². The highest BCUT2D eigenvalue weighted by atomic mass is 16.5. The molecule has 132 valence electrons. The molecule has 26 heavy (non-hydrogen) atoms. The summed E-state index contributed by atoms with van der Waals surface area (Å²) >= 11 is 0. The molecular weight excluding hydrogens is 340 g/mol. The predicted molar refractivity (Wildman–Crippen MR) is 90.0 cm³/mol. The second-order valence-electron chi connectivity index (χ2n) is 5.26. The number of rotatable bonds is 5. The van der Waals surface area contributed by atoms with Gasteiger partial charge >= 0.3 is 5.97 Å². The van der Waals surface area contributed by atoms with Gasteiger partial charge in [0.25, 0.3) is 11.5 Å². The first-order valence-electron chi connectivity index (χ1n) is 7.64. The molecule has 3 rings (SSSR count). The first kappa shape index (κ1) is 17.1. The SMILES string of the molecule is CC(OC(=O)Cn1nnc2ccccc2c1=O)C(=O)Nc1ncccn1. The van der Waals surface area contributed by atoms with Crippen LogP contribution in [0.3, 0.4) is 0 Å². The number of nitrogens with zero attached hydrogens (tertiary/aromatic N) is 5. The number of benzene rings is 1. The molecule has 0 bridgehead atoms. The third kappa shape index (κ3) is 3.86. The molecule has 2 aromatic heterocycles. The Hall–Kier alpha value is -3.69. The van der Waals surface area contributed by atoms with E-state index in [-0.39, 0.29) is 5.95 Å². The minimum atomic E-state index is -1.10.